The SMILES string of the molecule is CC1(C)OB(c2ccc(F)c([C@]3(C)CCSC(CC(=O)c4ccccc4)=N3)c2)OC1(C)C. The van der Waals surface area contributed by atoms with E-state index in [9.17, 15) is 4.79 Å². The van der Waals surface area contributed by atoms with Crippen LogP contribution in [0, 0.1) is 5.82 Å². The Morgan fingerprint density at radius 3 is 2.38 bits per heavy atom. The summed E-state index contributed by atoms with van der Waals surface area (Å²) in [6.45, 7) is 9.93. The highest BCUT2D eigenvalue weighted by atomic mass is 32.2. The average molecular weight is 453 g/mol. The first kappa shape index (κ1) is 23.2. The van der Waals surface area contributed by atoms with Gasteiger partial charge in [-0.3, -0.25) is 9.79 Å². The van der Waals surface area contributed by atoms with Gasteiger partial charge >= 0.3 is 7.12 Å². The number of benzene rings is 2. The van der Waals surface area contributed by atoms with Gasteiger partial charge in [-0.25, -0.2) is 4.39 Å². The number of hydrogen-bond acceptors (Lipinski definition) is 5. The van der Waals surface area contributed by atoms with Gasteiger partial charge in [0.05, 0.1) is 28.2 Å². The first-order valence-electron chi connectivity index (χ1n) is 11.0. The predicted octanol–water partition coefficient (Wildman–Crippen LogP) is 5.15. The standard InChI is InChI=1S/C25H29BFNO3S/c1-23(2)24(3,4)31-26(30-23)18-11-12-20(27)19(15-18)25(5)13-14-32-22(28-25)16-21(29)17-9-7-6-8-10-17/h6-12,15H,13-14,16H2,1-5H3/t25-/m0/s1. The van der Waals surface area contributed by atoms with Gasteiger partial charge in [-0.05, 0) is 52.6 Å². The van der Waals surface area contributed by atoms with Gasteiger partial charge in [0, 0.05) is 16.9 Å². The zero-order valence-electron chi connectivity index (χ0n) is 19.3. The number of Topliss-reactive ketones (excluding diaryl/α,β-unsaturated/α-hetero) is 1. The lowest BCUT2D eigenvalue weighted by Crippen LogP contribution is -2.41. The number of nitrogens with zero attached hydrogens (tertiary/aromatic N) is 1. The maximum atomic E-state index is 15.0. The molecule has 1 atom stereocenters. The molecule has 0 bridgehead atoms. The smallest absolute Gasteiger partial charge is 0.399 e. The molecule has 2 aromatic rings. The van der Waals surface area contributed by atoms with Crippen molar-refractivity contribution in [3.8, 4) is 0 Å². The van der Waals surface area contributed by atoms with Gasteiger partial charge < -0.3 is 9.31 Å². The quantitative estimate of drug-likeness (QED) is 0.464. The third-order valence-corrected chi connectivity index (χ3v) is 7.71. The van der Waals surface area contributed by atoms with E-state index < -0.39 is 23.9 Å². The van der Waals surface area contributed by atoms with Crippen LogP contribution in [0.1, 0.15) is 63.4 Å². The number of hydrogen-bond donors (Lipinski definition) is 0. The monoisotopic (exact) mass is 453 g/mol. The van der Waals surface area contributed by atoms with E-state index in [1.54, 1.807) is 17.8 Å². The summed E-state index contributed by atoms with van der Waals surface area (Å²) in [5.74, 6) is 0.488. The van der Waals surface area contributed by atoms with Crippen LogP contribution < -0.4 is 5.46 Å². The van der Waals surface area contributed by atoms with Crippen LogP contribution in [-0.4, -0.2) is 34.9 Å². The molecule has 168 valence electrons. The number of carbonyl (C=O) groups is 1. The second kappa shape index (κ2) is 8.43. The fourth-order valence-corrected chi connectivity index (χ4v) is 5.20. The predicted molar refractivity (Wildman–Crippen MR) is 129 cm³/mol. The van der Waals surface area contributed by atoms with E-state index in [1.807, 2.05) is 71.0 Å². The molecule has 0 aromatic heterocycles. The third kappa shape index (κ3) is 4.43. The van der Waals surface area contributed by atoms with E-state index in [1.165, 1.54) is 6.07 Å². The molecule has 2 aliphatic heterocycles. The van der Waals surface area contributed by atoms with Crippen molar-refractivity contribution in [1.82, 2.24) is 0 Å². The minimum Gasteiger partial charge on any atom is -0.399 e. The first-order valence-corrected chi connectivity index (χ1v) is 11.9. The molecular formula is C25H29BFNO3S. The summed E-state index contributed by atoms with van der Waals surface area (Å²) in [5.41, 5.74) is 0.256. The second-order valence-electron chi connectivity index (χ2n) is 9.67. The lowest BCUT2D eigenvalue weighted by molar-refractivity contribution is 0.00578. The molecule has 0 N–H and O–H groups in total. The maximum absolute atomic E-state index is 15.0. The highest BCUT2D eigenvalue weighted by Gasteiger charge is 2.52. The van der Waals surface area contributed by atoms with Crippen LogP contribution in [0.25, 0.3) is 0 Å². The Morgan fingerprint density at radius 1 is 1.06 bits per heavy atom. The molecule has 4 nitrogen and oxygen atoms in total. The van der Waals surface area contributed by atoms with Crippen molar-refractivity contribution in [2.24, 2.45) is 4.99 Å². The minimum atomic E-state index is -0.749. The van der Waals surface area contributed by atoms with Crippen LogP contribution in [0.15, 0.2) is 53.5 Å². The van der Waals surface area contributed by atoms with E-state index >= 15 is 4.39 Å². The number of ketones is 1. The highest BCUT2D eigenvalue weighted by molar-refractivity contribution is 8.14. The molecule has 0 unspecified atom stereocenters. The van der Waals surface area contributed by atoms with E-state index in [-0.39, 0.29) is 18.0 Å². The third-order valence-electron chi connectivity index (χ3n) is 6.73. The Hall–Kier alpha value is -1.96. The lowest BCUT2D eigenvalue weighted by Gasteiger charge is -2.32. The maximum Gasteiger partial charge on any atom is 0.494 e. The Kier molecular flexibility index (Phi) is 6.12. The Balaban J connectivity index is 1.61. The molecule has 0 saturated carbocycles. The summed E-state index contributed by atoms with van der Waals surface area (Å²) in [6.07, 6.45) is 0.910. The average Bonchev–Trinajstić information content (AvgIpc) is 2.96. The summed E-state index contributed by atoms with van der Waals surface area (Å²) in [5, 5.41) is 0.744. The molecule has 2 aromatic carbocycles. The van der Waals surface area contributed by atoms with Crippen molar-refractivity contribution < 1.29 is 18.5 Å². The zero-order chi connectivity index (χ0) is 23.1. The van der Waals surface area contributed by atoms with Crippen LogP contribution in [0.2, 0.25) is 0 Å². The normalized spacial score (nSPS) is 24.3. The van der Waals surface area contributed by atoms with Gasteiger partial charge in [0.15, 0.2) is 5.78 Å². The van der Waals surface area contributed by atoms with Crippen molar-refractivity contribution in [3.05, 3.63) is 65.5 Å². The van der Waals surface area contributed by atoms with Gasteiger partial charge in [0.1, 0.15) is 5.82 Å². The fourth-order valence-electron chi connectivity index (χ4n) is 3.96. The summed E-state index contributed by atoms with van der Waals surface area (Å²) in [4.78, 5) is 17.5. The summed E-state index contributed by atoms with van der Waals surface area (Å²) in [6, 6.07) is 14.2. The second-order valence-corrected chi connectivity index (χ2v) is 10.8. The van der Waals surface area contributed by atoms with Crippen LogP contribution in [0.3, 0.4) is 0 Å². The van der Waals surface area contributed by atoms with Crippen LogP contribution in [-0.2, 0) is 14.8 Å². The molecule has 2 aliphatic rings. The molecule has 1 fully saturated rings. The molecule has 4 rings (SSSR count). The van der Waals surface area contributed by atoms with E-state index in [0.29, 0.717) is 17.5 Å². The van der Waals surface area contributed by atoms with Crippen LogP contribution in [0.5, 0.6) is 0 Å². The van der Waals surface area contributed by atoms with Crippen LogP contribution >= 0.6 is 11.8 Å². The van der Waals surface area contributed by atoms with Crippen molar-refractivity contribution in [2.75, 3.05) is 5.75 Å². The number of rotatable bonds is 5. The van der Waals surface area contributed by atoms with Gasteiger partial charge in [-0.2, -0.15) is 0 Å². The first-order chi connectivity index (χ1) is 15.0. The van der Waals surface area contributed by atoms with Crippen molar-refractivity contribution >= 4 is 35.2 Å². The Morgan fingerprint density at radius 2 is 1.72 bits per heavy atom. The van der Waals surface area contributed by atoms with Crippen molar-refractivity contribution in [2.45, 2.75) is 64.2 Å². The van der Waals surface area contributed by atoms with Crippen molar-refractivity contribution in [3.63, 3.8) is 0 Å². The molecule has 0 amide bonds. The van der Waals surface area contributed by atoms with Crippen molar-refractivity contribution in [1.29, 1.82) is 0 Å². The molecular weight excluding hydrogens is 424 g/mol. The molecule has 7 heteroatoms. The van der Waals surface area contributed by atoms with E-state index in [0.717, 1.165) is 16.3 Å². The molecule has 0 aliphatic carbocycles. The molecule has 32 heavy (non-hydrogen) atoms. The summed E-state index contributed by atoms with van der Waals surface area (Å²) < 4.78 is 27.3. The summed E-state index contributed by atoms with van der Waals surface area (Å²) in [7, 11) is -0.566. The molecule has 0 radical (unpaired) electrons. The minimum absolute atomic E-state index is 0.0209. The number of thioether (sulfide) groups is 1. The highest BCUT2D eigenvalue weighted by Crippen LogP contribution is 2.39. The number of aliphatic imine (C=N–C) groups is 1. The number of halogens is 1. The number of carbonyl (C=O) groups excluding carboxylic acids is 1. The van der Waals surface area contributed by atoms with Gasteiger partial charge in [0.2, 0.25) is 0 Å². The zero-order valence-corrected chi connectivity index (χ0v) is 20.1. The van der Waals surface area contributed by atoms with E-state index in [2.05, 4.69) is 0 Å². The lowest BCUT2D eigenvalue weighted by atomic mass is 9.76. The molecule has 0 spiro atoms. The largest absolute Gasteiger partial charge is 0.494 e. The molecule has 1 saturated heterocycles. The van der Waals surface area contributed by atoms with Gasteiger partial charge in [0.25, 0.3) is 0 Å². The summed E-state index contributed by atoms with van der Waals surface area (Å²) >= 11 is 1.58. The van der Waals surface area contributed by atoms with Gasteiger partial charge in [-0.1, -0.05) is 42.5 Å². The fraction of sp³-hybridized carbons (Fsp3) is 0.440. The van der Waals surface area contributed by atoms with Gasteiger partial charge in [-0.15, -0.1) is 11.8 Å². The Bertz CT molecular complexity index is 1040. The molecule has 2 heterocycles. The Labute approximate surface area is 194 Å². The topological polar surface area (TPSA) is 47.9 Å². The van der Waals surface area contributed by atoms with E-state index in [4.69, 9.17) is 14.3 Å². The van der Waals surface area contributed by atoms with Crippen LogP contribution in [0.4, 0.5) is 4.39 Å².